The van der Waals surface area contributed by atoms with Crippen LogP contribution in [0.25, 0.3) is 10.9 Å². The molecule has 0 amide bonds. The third-order valence-electron chi connectivity index (χ3n) is 3.97. The van der Waals surface area contributed by atoms with E-state index in [0.717, 1.165) is 42.3 Å². The summed E-state index contributed by atoms with van der Waals surface area (Å²) >= 11 is 0. The van der Waals surface area contributed by atoms with Gasteiger partial charge in [0.05, 0.1) is 22.5 Å². The van der Waals surface area contributed by atoms with E-state index >= 15 is 0 Å². The SMILES string of the molecule is Nc1c(NCC2(O)CCCC2)ccc2ncccc12. The molecule has 1 heterocycles. The average Bonchev–Trinajstić information content (AvgIpc) is 2.86. The number of pyridine rings is 1. The zero-order chi connectivity index (χ0) is 13.3. The van der Waals surface area contributed by atoms with Gasteiger partial charge in [0.15, 0.2) is 0 Å². The Kier molecular flexibility index (Phi) is 3.03. The van der Waals surface area contributed by atoms with Gasteiger partial charge in [-0.2, -0.15) is 0 Å². The van der Waals surface area contributed by atoms with Gasteiger partial charge in [-0.15, -0.1) is 0 Å². The van der Waals surface area contributed by atoms with Crippen LogP contribution in [0, 0.1) is 0 Å². The molecule has 4 N–H and O–H groups in total. The number of nitrogens with zero attached hydrogens (tertiary/aromatic N) is 1. The molecular weight excluding hydrogens is 238 g/mol. The lowest BCUT2D eigenvalue weighted by Crippen LogP contribution is -2.33. The molecule has 100 valence electrons. The van der Waals surface area contributed by atoms with E-state index in [1.807, 2.05) is 24.3 Å². The Balaban J connectivity index is 1.83. The number of aromatic nitrogens is 1. The summed E-state index contributed by atoms with van der Waals surface area (Å²) in [5, 5.41) is 14.6. The fourth-order valence-corrected chi connectivity index (χ4v) is 2.80. The third kappa shape index (κ3) is 2.36. The number of anilines is 2. The van der Waals surface area contributed by atoms with Crippen LogP contribution < -0.4 is 11.1 Å². The molecule has 1 aromatic carbocycles. The lowest BCUT2D eigenvalue weighted by molar-refractivity contribution is 0.0615. The number of rotatable bonds is 3. The summed E-state index contributed by atoms with van der Waals surface area (Å²) in [6, 6.07) is 7.73. The molecule has 2 aromatic rings. The molecule has 4 nitrogen and oxygen atoms in total. The molecule has 1 saturated carbocycles. The summed E-state index contributed by atoms with van der Waals surface area (Å²) in [7, 11) is 0. The molecule has 1 fully saturated rings. The van der Waals surface area contributed by atoms with Crippen molar-refractivity contribution in [3.05, 3.63) is 30.5 Å². The minimum absolute atomic E-state index is 0.559. The van der Waals surface area contributed by atoms with Gasteiger partial charge in [-0.25, -0.2) is 0 Å². The highest BCUT2D eigenvalue weighted by atomic mass is 16.3. The van der Waals surface area contributed by atoms with Crippen molar-refractivity contribution in [1.82, 2.24) is 4.98 Å². The van der Waals surface area contributed by atoms with Gasteiger partial charge in [-0.1, -0.05) is 12.8 Å². The fraction of sp³-hybridized carbons (Fsp3) is 0.400. The molecule has 4 heteroatoms. The highest BCUT2D eigenvalue weighted by Gasteiger charge is 2.30. The van der Waals surface area contributed by atoms with Crippen LogP contribution >= 0.6 is 0 Å². The number of nitrogen functional groups attached to an aromatic ring is 1. The average molecular weight is 257 g/mol. The van der Waals surface area contributed by atoms with E-state index in [4.69, 9.17) is 5.73 Å². The molecule has 0 atom stereocenters. The standard InChI is InChI=1S/C15H19N3O/c16-14-11-4-3-9-17-12(11)5-6-13(14)18-10-15(19)7-1-2-8-15/h3-6,9,18-19H,1-2,7-8,10,16H2. The van der Waals surface area contributed by atoms with E-state index in [0.29, 0.717) is 12.2 Å². The van der Waals surface area contributed by atoms with Gasteiger partial charge >= 0.3 is 0 Å². The monoisotopic (exact) mass is 257 g/mol. The van der Waals surface area contributed by atoms with Crippen LogP contribution in [-0.2, 0) is 0 Å². The Morgan fingerprint density at radius 3 is 2.84 bits per heavy atom. The molecule has 0 aliphatic heterocycles. The van der Waals surface area contributed by atoms with Crippen molar-refractivity contribution in [2.24, 2.45) is 0 Å². The highest BCUT2D eigenvalue weighted by Crippen LogP contribution is 2.32. The summed E-state index contributed by atoms with van der Waals surface area (Å²) in [5.41, 5.74) is 8.06. The van der Waals surface area contributed by atoms with Crippen molar-refractivity contribution in [2.75, 3.05) is 17.6 Å². The Morgan fingerprint density at radius 1 is 1.26 bits per heavy atom. The second kappa shape index (κ2) is 4.70. The molecule has 0 saturated heterocycles. The maximum atomic E-state index is 10.3. The Labute approximate surface area is 112 Å². The van der Waals surface area contributed by atoms with Crippen LogP contribution in [0.3, 0.4) is 0 Å². The first-order chi connectivity index (χ1) is 9.18. The van der Waals surface area contributed by atoms with E-state index in [1.54, 1.807) is 6.20 Å². The van der Waals surface area contributed by atoms with Gasteiger partial charge in [-0.3, -0.25) is 4.98 Å². The first kappa shape index (κ1) is 12.2. The first-order valence-corrected chi connectivity index (χ1v) is 6.77. The van der Waals surface area contributed by atoms with Gasteiger partial charge in [0, 0.05) is 18.1 Å². The number of fused-ring (bicyclic) bond motifs is 1. The summed E-state index contributed by atoms with van der Waals surface area (Å²) in [4.78, 5) is 4.28. The van der Waals surface area contributed by atoms with Crippen molar-refractivity contribution in [1.29, 1.82) is 0 Å². The first-order valence-electron chi connectivity index (χ1n) is 6.77. The van der Waals surface area contributed by atoms with E-state index < -0.39 is 5.60 Å². The van der Waals surface area contributed by atoms with Gasteiger partial charge in [0.25, 0.3) is 0 Å². The highest BCUT2D eigenvalue weighted by molar-refractivity contribution is 5.96. The zero-order valence-electron chi connectivity index (χ0n) is 10.9. The molecule has 3 rings (SSSR count). The topological polar surface area (TPSA) is 71.2 Å². The molecule has 1 aliphatic rings. The Hall–Kier alpha value is -1.81. The van der Waals surface area contributed by atoms with Crippen molar-refractivity contribution in [2.45, 2.75) is 31.3 Å². The van der Waals surface area contributed by atoms with E-state index in [1.165, 1.54) is 0 Å². The molecule has 1 aromatic heterocycles. The molecular formula is C15H19N3O. The predicted molar refractivity (Wildman–Crippen MR) is 78.1 cm³/mol. The fourth-order valence-electron chi connectivity index (χ4n) is 2.80. The van der Waals surface area contributed by atoms with E-state index in [-0.39, 0.29) is 0 Å². The number of aliphatic hydroxyl groups is 1. The van der Waals surface area contributed by atoms with Crippen LogP contribution in [0.2, 0.25) is 0 Å². The van der Waals surface area contributed by atoms with Crippen LogP contribution in [0.5, 0.6) is 0 Å². The van der Waals surface area contributed by atoms with Crippen molar-refractivity contribution in [3.63, 3.8) is 0 Å². The van der Waals surface area contributed by atoms with Crippen LogP contribution in [0.4, 0.5) is 11.4 Å². The lowest BCUT2D eigenvalue weighted by Gasteiger charge is -2.23. The summed E-state index contributed by atoms with van der Waals surface area (Å²) in [5.74, 6) is 0. The van der Waals surface area contributed by atoms with E-state index in [2.05, 4.69) is 10.3 Å². The number of hydrogen-bond donors (Lipinski definition) is 3. The normalized spacial score (nSPS) is 17.7. The molecule has 0 unspecified atom stereocenters. The smallest absolute Gasteiger partial charge is 0.0819 e. The zero-order valence-corrected chi connectivity index (χ0v) is 10.9. The molecule has 0 radical (unpaired) electrons. The van der Waals surface area contributed by atoms with Gasteiger partial charge in [0.2, 0.25) is 0 Å². The van der Waals surface area contributed by atoms with Gasteiger partial charge in [-0.05, 0) is 37.1 Å². The summed E-state index contributed by atoms with van der Waals surface area (Å²) in [6.07, 6.45) is 5.71. The summed E-state index contributed by atoms with van der Waals surface area (Å²) < 4.78 is 0. The van der Waals surface area contributed by atoms with Crippen molar-refractivity contribution >= 4 is 22.3 Å². The van der Waals surface area contributed by atoms with Crippen LogP contribution in [0.15, 0.2) is 30.5 Å². The quantitative estimate of drug-likeness (QED) is 0.739. The van der Waals surface area contributed by atoms with Gasteiger partial charge < -0.3 is 16.2 Å². The minimum Gasteiger partial charge on any atom is -0.397 e. The predicted octanol–water partition coefficient (Wildman–Crippen LogP) is 2.53. The second-order valence-electron chi connectivity index (χ2n) is 5.38. The molecule has 0 spiro atoms. The minimum atomic E-state index is -0.573. The maximum Gasteiger partial charge on any atom is 0.0819 e. The van der Waals surface area contributed by atoms with Crippen molar-refractivity contribution in [3.8, 4) is 0 Å². The van der Waals surface area contributed by atoms with E-state index in [9.17, 15) is 5.11 Å². The van der Waals surface area contributed by atoms with Gasteiger partial charge in [0.1, 0.15) is 0 Å². The molecule has 1 aliphatic carbocycles. The number of hydrogen-bond acceptors (Lipinski definition) is 4. The lowest BCUT2D eigenvalue weighted by atomic mass is 10.0. The summed E-state index contributed by atoms with van der Waals surface area (Å²) in [6.45, 7) is 0.559. The number of nitrogens with two attached hydrogens (primary N) is 1. The molecule has 0 bridgehead atoms. The third-order valence-corrected chi connectivity index (χ3v) is 3.97. The molecule has 19 heavy (non-hydrogen) atoms. The Bertz CT molecular complexity index is 591. The Morgan fingerprint density at radius 2 is 2.05 bits per heavy atom. The number of nitrogens with one attached hydrogen (secondary N) is 1. The largest absolute Gasteiger partial charge is 0.397 e. The second-order valence-corrected chi connectivity index (χ2v) is 5.38. The maximum absolute atomic E-state index is 10.3. The van der Waals surface area contributed by atoms with Crippen LogP contribution in [0.1, 0.15) is 25.7 Å². The van der Waals surface area contributed by atoms with Crippen LogP contribution in [-0.4, -0.2) is 22.2 Å². The van der Waals surface area contributed by atoms with Crippen molar-refractivity contribution < 1.29 is 5.11 Å². The number of benzene rings is 1.